The van der Waals surface area contributed by atoms with E-state index >= 15 is 0 Å². The molecule has 0 heterocycles. The van der Waals surface area contributed by atoms with E-state index in [1.54, 1.807) is 0 Å². The summed E-state index contributed by atoms with van der Waals surface area (Å²) in [6, 6.07) is 4.23. The molecular weight excluding hydrogens is 269 g/mol. The number of benzene rings is 1. The minimum atomic E-state index is -4.38. The lowest BCUT2D eigenvalue weighted by Gasteiger charge is -2.14. The van der Waals surface area contributed by atoms with Crippen molar-refractivity contribution in [2.24, 2.45) is 11.7 Å². The maximum atomic E-state index is 12.5. The number of alkyl halides is 3. The molecule has 1 aromatic carbocycles. The Bertz CT molecular complexity index is 458. The molecule has 0 saturated heterocycles. The molecule has 1 rings (SSSR count). The lowest BCUT2D eigenvalue weighted by molar-refractivity contribution is -0.137. The summed E-state index contributed by atoms with van der Waals surface area (Å²) in [6.07, 6.45) is -3.84. The fourth-order valence-electron chi connectivity index (χ4n) is 1.79. The van der Waals surface area contributed by atoms with E-state index in [-0.39, 0.29) is 18.4 Å². The van der Waals surface area contributed by atoms with Gasteiger partial charge in [0.1, 0.15) is 0 Å². The van der Waals surface area contributed by atoms with E-state index in [9.17, 15) is 18.0 Å². The van der Waals surface area contributed by atoms with Crippen molar-refractivity contribution >= 4 is 5.91 Å². The van der Waals surface area contributed by atoms with E-state index in [1.807, 2.05) is 13.8 Å². The number of carbonyl (C=O) groups excluding carboxylic acids is 1. The lowest BCUT2D eigenvalue weighted by Crippen LogP contribution is -2.41. The van der Waals surface area contributed by atoms with Crippen LogP contribution in [0.1, 0.15) is 31.4 Å². The molecule has 0 fully saturated rings. The van der Waals surface area contributed by atoms with Crippen molar-refractivity contribution in [2.75, 3.05) is 0 Å². The van der Waals surface area contributed by atoms with Gasteiger partial charge in [-0.15, -0.1) is 0 Å². The first-order valence-electron chi connectivity index (χ1n) is 6.39. The first kappa shape index (κ1) is 16.5. The number of nitrogens with two attached hydrogens (primary N) is 1. The van der Waals surface area contributed by atoms with Gasteiger partial charge in [-0.3, -0.25) is 4.79 Å². The molecule has 3 nitrogen and oxygen atoms in total. The molecule has 6 heteroatoms. The number of halogens is 3. The highest BCUT2D eigenvalue weighted by atomic mass is 19.4. The molecule has 0 unspecified atom stereocenters. The number of amides is 1. The molecule has 0 saturated carbocycles. The monoisotopic (exact) mass is 288 g/mol. The number of rotatable bonds is 5. The van der Waals surface area contributed by atoms with Gasteiger partial charge in [-0.25, -0.2) is 0 Å². The smallest absolute Gasteiger partial charge is 0.351 e. The van der Waals surface area contributed by atoms with Crippen molar-refractivity contribution in [2.45, 2.75) is 39.0 Å². The summed E-state index contributed by atoms with van der Waals surface area (Å²) in [7, 11) is 0. The van der Waals surface area contributed by atoms with E-state index in [4.69, 9.17) is 5.73 Å². The maximum Gasteiger partial charge on any atom is 0.416 e. The van der Waals surface area contributed by atoms with Crippen LogP contribution in [0.4, 0.5) is 13.2 Å². The molecule has 112 valence electrons. The van der Waals surface area contributed by atoms with Crippen LogP contribution >= 0.6 is 0 Å². The zero-order valence-electron chi connectivity index (χ0n) is 11.5. The first-order chi connectivity index (χ1) is 9.20. The molecular formula is C14H19F3N2O. The van der Waals surface area contributed by atoms with Gasteiger partial charge in [0, 0.05) is 6.54 Å². The summed E-state index contributed by atoms with van der Waals surface area (Å²) >= 11 is 0. The van der Waals surface area contributed by atoms with Crippen LogP contribution in [0.15, 0.2) is 24.3 Å². The minimum absolute atomic E-state index is 0.0363. The van der Waals surface area contributed by atoms with Crippen molar-refractivity contribution in [3.8, 4) is 0 Å². The zero-order valence-corrected chi connectivity index (χ0v) is 11.5. The van der Waals surface area contributed by atoms with Crippen LogP contribution in [0.3, 0.4) is 0 Å². The summed E-state index contributed by atoms with van der Waals surface area (Å²) in [5.74, 6) is -0.0691. The second-order valence-corrected chi connectivity index (χ2v) is 5.15. The predicted molar refractivity (Wildman–Crippen MR) is 70.7 cm³/mol. The third-order valence-electron chi connectivity index (χ3n) is 2.78. The fraction of sp³-hybridized carbons (Fsp3) is 0.500. The van der Waals surface area contributed by atoms with Crippen LogP contribution in [-0.4, -0.2) is 11.9 Å². The van der Waals surface area contributed by atoms with Gasteiger partial charge in [-0.05, 0) is 30.0 Å². The lowest BCUT2D eigenvalue weighted by atomic mass is 10.0. The van der Waals surface area contributed by atoms with Crippen LogP contribution < -0.4 is 11.1 Å². The zero-order chi connectivity index (χ0) is 15.3. The Morgan fingerprint density at radius 3 is 2.55 bits per heavy atom. The molecule has 1 atom stereocenters. The van der Waals surface area contributed by atoms with E-state index in [2.05, 4.69) is 5.32 Å². The van der Waals surface area contributed by atoms with E-state index in [0.29, 0.717) is 12.0 Å². The van der Waals surface area contributed by atoms with Crippen molar-refractivity contribution in [3.05, 3.63) is 35.4 Å². The number of hydrogen-bond acceptors (Lipinski definition) is 2. The normalized spacial score (nSPS) is 13.3. The molecule has 0 bridgehead atoms. The van der Waals surface area contributed by atoms with E-state index in [0.717, 1.165) is 12.1 Å². The average molecular weight is 288 g/mol. The van der Waals surface area contributed by atoms with Gasteiger partial charge in [0.2, 0.25) is 5.91 Å². The van der Waals surface area contributed by atoms with Crippen LogP contribution in [0.25, 0.3) is 0 Å². The van der Waals surface area contributed by atoms with Crippen molar-refractivity contribution in [1.29, 1.82) is 0 Å². The van der Waals surface area contributed by atoms with Gasteiger partial charge in [0.15, 0.2) is 0 Å². The topological polar surface area (TPSA) is 55.1 Å². The molecule has 0 aromatic heterocycles. The molecule has 0 aliphatic carbocycles. The van der Waals surface area contributed by atoms with E-state index < -0.39 is 17.8 Å². The Kier molecular flexibility index (Phi) is 5.56. The van der Waals surface area contributed by atoms with Gasteiger partial charge in [0.25, 0.3) is 0 Å². The Hall–Kier alpha value is -1.56. The summed E-state index contributed by atoms with van der Waals surface area (Å²) in [5, 5.41) is 2.55. The second-order valence-electron chi connectivity index (χ2n) is 5.15. The van der Waals surface area contributed by atoms with Gasteiger partial charge >= 0.3 is 6.18 Å². The van der Waals surface area contributed by atoms with Crippen LogP contribution in [0, 0.1) is 5.92 Å². The second kappa shape index (κ2) is 6.74. The van der Waals surface area contributed by atoms with Crippen molar-refractivity contribution in [1.82, 2.24) is 5.32 Å². The number of nitrogens with one attached hydrogen (secondary N) is 1. The third kappa shape index (κ3) is 5.21. The third-order valence-corrected chi connectivity index (χ3v) is 2.78. The Labute approximate surface area is 116 Å². The Balaban J connectivity index is 2.60. The summed E-state index contributed by atoms with van der Waals surface area (Å²) in [6.45, 7) is 3.93. The van der Waals surface area contributed by atoms with Gasteiger partial charge < -0.3 is 11.1 Å². The molecule has 20 heavy (non-hydrogen) atoms. The highest BCUT2D eigenvalue weighted by molar-refractivity contribution is 5.81. The Morgan fingerprint density at radius 2 is 2.00 bits per heavy atom. The number of carbonyl (C=O) groups is 1. The van der Waals surface area contributed by atoms with Crippen LogP contribution in [0.5, 0.6) is 0 Å². The molecule has 0 aliphatic rings. The maximum absolute atomic E-state index is 12.5. The molecule has 1 aromatic rings. The minimum Gasteiger partial charge on any atom is -0.351 e. The number of hydrogen-bond donors (Lipinski definition) is 2. The standard InChI is InChI=1S/C14H19F3N2O/c1-9(2)6-12(18)13(20)19-8-10-4-3-5-11(7-10)14(15,16)17/h3-5,7,9,12H,6,8,18H2,1-2H3,(H,19,20)/t12-/m0/s1. The SMILES string of the molecule is CC(C)C[C@H](N)C(=O)NCc1cccc(C(F)(F)F)c1. The molecule has 1 amide bonds. The van der Waals surface area contributed by atoms with Crippen molar-refractivity contribution in [3.63, 3.8) is 0 Å². The van der Waals surface area contributed by atoms with E-state index in [1.165, 1.54) is 12.1 Å². The van der Waals surface area contributed by atoms with Gasteiger partial charge in [-0.2, -0.15) is 13.2 Å². The predicted octanol–water partition coefficient (Wildman–Crippen LogP) is 2.70. The molecule has 0 radical (unpaired) electrons. The summed E-state index contributed by atoms with van der Waals surface area (Å²) < 4.78 is 37.6. The molecule has 0 aliphatic heterocycles. The fourth-order valence-corrected chi connectivity index (χ4v) is 1.79. The molecule has 3 N–H and O–H groups in total. The highest BCUT2D eigenvalue weighted by Crippen LogP contribution is 2.29. The highest BCUT2D eigenvalue weighted by Gasteiger charge is 2.30. The summed E-state index contributed by atoms with van der Waals surface area (Å²) in [4.78, 5) is 11.7. The average Bonchev–Trinajstić information content (AvgIpc) is 2.34. The summed E-state index contributed by atoms with van der Waals surface area (Å²) in [5.41, 5.74) is 5.36. The van der Waals surface area contributed by atoms with Crippen LogP contribution in [-0.2, 0) is 17.5 Å². The largest absolute Gasteiger partial charge is 0.416 e. The van der Waals surface area contributed by atoms with Crippen LogP contribution in [0.2, 0.25) is 0 Å². The molecule has 0 spiro atoms. The van der Waals surface area contributed by atoms with Gasteiger partial charge in [0.05, 0.1) is 11.6 Å². The van der Waals surface area contributed by atoms with Crippen molar-refractivity contribution < 1.29 is 18.0 Å². The quantitative estimate of drug-likeness (QED) is 0.875. The Morgan fingerprint density at radius 1 is 1.35 bits per heavy atom. The first-order valence-corrected chi connectivity index (χ1v) is 6.39. The van der Waals surface area contributed by atoms with Gasteiger partial charge in [-0.1, -0.05) is 26.0 Å².